The first kappa shape index (κ1) is 14.0. The van der Waals surface area contributed by atoms with Gasteiger partial charge in [-0.2, -0.15) is 0 Å². The third-order valence-electron chi connectivity index (χ3n) is 3.42. The quantitative estimate of drug-likeness (QED) is 0.832. The van der Waals surface area contributed by atoms with Crippen LogP contribution >= 0.6 is 39.5 Å². The van der Waals surface area contributed by atoms with Crippen molar-refractivity contribution in [1.29, 1.82) is 0 Å². The standard InChI is InChI=1S/C14H14BrN3S2/c1-2-18-13(11-7-9(15)8-20-11)12(17-14(18)19)10-5-3-4-6-16-10/h3-8,12-13H,2H2,1H3,(H,17,19)/t12-,13-/m1/s1. The van der Waals surface area contributed by atoms with Crippen LogP contribution < -0.4 is 5.32 Å². The molecule has 0 amide bonds. The zero-order valence-corrected chi connectivity index (χ0v) is 14.1. The van der Waals surface area contributed by atoms with Crippen molar-refractivity contribution in [2.75, 3.05) is 6.54 Å². The zero-order valence-electron chi connectivity index (χ0n) is 10.9. The first-order valence-electron chi connectivity index (χ1n) is 6.42. The Balaban J connectivity index is 2.02. The van der Waals surface area contributed by atoms with Crippen LogP contribution in [0.25, 0.3) is 0 Å². The average Bonchev–Trinajstić information content (AvgIpc) is 3.03. The van der Waals surface area contributed by atoms with Crippen LogP contribution in [0.1, 0.15) is 29.6 Å². The van der Waals surface area contributed by atoms with E-state index < -0.39 is 0 Å². The molecule has 20 heavy (non-hydrogen) atoms. The van der Waals surface area contributed by atoms with E-state index in [0.717, 1.165) is 21.8 Å². The SMILES string of the molecule is CCN1C(=S)N[C@H](c2ccccn2)[C@H]1c1cc(Br)cs1. The topological polar surface area (TPSA) is 28.2 Å². The number of rotatable bonds is 3. The predicted octanol–water partition coefficient (Wildman–Crippen LogP) is 3.90. The third kappa shape index (κ3) is 2.47. The second-order valence-electron chi connectivity index (χ2n) is 4.58. The summed E-state index contributed by atoms with van der Waals surface area (Å²) in [5.74, 6) is 0. The third-order valence-corrected chi connectivity index (χ3v) is 5.53. The Morgan fingerprint density at radius 3 is 2.95 bits per heavy atom. The number of hydrogen-bond donors (Lipinski definition) is 1. The fraction of sp³-hybridized carbons (Fsp3) is 0.286. The number of aromatic nitrogens is 1. The molecule has 0 radical (unpaired) electrons. The number of nitrogens with one attached hydrogen (secondary N) is 1. The Hall–Kier alpha value is -0.980. The summed E-state index contributed by atoms with van der Waals surface area (Å²) in [5, 5.41) is 6.33. The number of thiocarbonyl (C=S) groups is 1. The minimum Gasteiger partial charge on any atom is -0.352 e. The van der Waals surface area contributed by atoms with Crippen molar-refractivity contribution in [3.63, 3.8) is 0 Å². The van der Waals surface area contributed by atoms with Gasteiger partial charge in [-0.05, 0) is 53.3 Å². The lowest BCUT2D eigenvalue weighted by Gasteiger charge is -2.25. The highest BCUT2D eigenvalue weighted by atomic mass is 79.9. The number of hydrogen-bond acceptors (Lipinski definition) is 3. The van der Waals surface area contributed by atoms with Gasteiger partial charge in [-0.1, -0.05) is 6.07 Å². The molecule has 3 heterocycles. The molecule has 3 rings (SSSR count). The van der Waals surface area contributed by atoms with Crippen LogP contribution in [-0.2, 0) is 0 Å². The van der Waals surface area contributed by atoms with Crippen LogP contribution in [0.2, 0.25) is 0 Å². The normalized spacial score (nSPS) is 22.1. The van der Waals surface area contributed by atoms with Gasteiger partial charge in [0.25, 0.3) is 0 Å². The molecule has 0 spiro atoms. The van der Waals surface area contributed by atoms with E-state index >= 15 is 0 Å². The summed E-state index contributed by atoms with van der Waals surface area (Å²) in [6.45, 7) is 3.01. The molecule has 0 saturated carbocycles. The van der Waals surface area contributed by atoms with E-state index in [-0.39, 0.29) is 12.1 Å². The van der Waals surface area contributed by atoms with Gasteiger partial charge < -0.3 is 10.2 Å². The van der Waals surface area contributed by atoms with Gasteiger partial charge in [0.1, 0.15) is 0 Å². The van der Waals surface area contributed by atoms with Crippen molar-refractivity contribution < 1.29 is 0 Å². The highest BCUT2D eigenvalue weighted by Gasteiger charge is 2.39. The number of thiophene rings is 1. The Labute approximate surface area is 136 Å². The van der Waals surface area contributed by atoms with E-state index in [1.165, 1.54) is 4.88 Å². The second-order valence-corrected chi connectivity index (χ2v) is 6.83. The van der Waals surface area contributed by atoms with Gasteiger partial charge in [0.2, 0.25) is 0 Å². The number of pyridine rings is 1. The average molecular weight is 368 g/mol. The fourth-order valence-corrected chi connectivity index (χ4v) is 4.50. The number of nitrogens with zero attached hydrogens (tertiary/aromatic N) is 2. The first-order valence-corrected chi connectivity index (χ1v) is 8.50. The van der Waals surface area contributed by atoms with Crippen LogP contribution in [-0.4, -0.2) is 21.5 Å². The summed E-state index contributed by atoms with van der Waals surface area (Å²) < 4.78 is 1.12. The van der Waals surface area contributed by atoms with Crippen molar-refractivity contribution >= 4 is 44.6 Å². The first-order chi connectivity index (χ1) is 9.70. The van der Waals surface area contributed by atoms with Crippen LogP contribution in [0.15, 0.2) is 40.3 Å². The van der Waals surface area contributed by atoms with Crippen molar-refractivity contribution in [3.05, 3.63) is 50.9 Å². The zero-order chi connectivity index (χ0) is 14.1. The van der Waals surface area contributed by atoms with E-state index in [4.69, 9.17) is 12.2 Å². The minimum atomic E-state index is 0.106. The maximum Gasteiger partial charge on any atom is 0.170 e. The molecule has 0 aromatic carbocycles. The van der Waals surface area contributed by atoms with E-state index in [0.29, 0.717) is 0 Å². The number of likely N-dealkylation sites (N-methyl/N-ethyl adjacent to an activating group) is 1. The minimum absolute atomic E-state index is 0.106. The molecule has 0 aliphatic carbocycles. The maximum atomic E-state index is 5.48. The van der Waals surface area contributed by atoms with Crippen molar-refractivity contribution in [3.8, 4) is 0 Å². The van der Waals surface area contributed by atoms with Crippen molar-refractivity contribution in [1.82, 2.24) is 15.2 Å². The molecule has 2 atom stereocenters. The van der Waals surface area contributed by atoms with Crippen LogP contribution in [0.5, 0.6) is 0 Å². The molecule has 1 saturated heterocycles. The smallest absolute Gasteiger partial charge is 0.170 e. The molecule has 2 aromatic heterocycles. The summed E-state index contributed by atoms with van der Waals surface area (Å²) in [4.78, 5) is 8.01. The largest absolute Gasteiger partial charge is 0.352 e. The molecular weight excluding hydrogens is 354 g/mol. The summed E-state index contributed by atoms with van der Waals surface area (Å²) in [7, 11) is 0. The van der Waals surface area contributed by atoms with Gasteiger partial charge in [0.15, 0.2) is 5.11 Å². The van der Waals surface area contributed by atoms with E-state index in [2.05, 4.69) is 55.6 Å². The summed E-state index contributed by atoms with van der Waals surface area (Å²) in [5.41, 5.74) is 1.03. The maximum absolute atomic E-state index is 5.48. The predicted molar refractivity (Wildman–Crippen MR) is 89.9 cm³/mol. The Kier molecular flexibility index (Phi) is 4.05. The summed E-state index contributed by atoms with van der Waals surface area (Å²) >= 11 is 10.8. The highest BCUT2D eigenvalue weighted by molar-refractivity contribution is 9.10. The molecule has 1 aliphatic heterocycles. The molecular formula is C14H14BrN3S2. The molecule has 6 heteroatoms. The van der Waals surface area contributed by atoms with Gasteiger partial charge in [-0.15, -0.1) is 11.3 Å². The van der Waals surface area contributed by atoms with Gasteiger partial charge >= 0.3 is 0 Å². The van der Waals surface area contributed by atoms with E-state index in [1.807, 2.05) is 18.3 Å². The molecule has 1 fully saturated rings. The lowest BCUT2D eigenvalue weighted by molar-refractivity contribution is 0.335. The van der Waals surface area contributed by atoms with E-state index in [9.17, 15) is 0 Å². The summed E-state index contributed by atoms with van der Waals surface area (Å²) in [6.07, 6.45) is 1.83. The Bertz CT molecular complexity index is 614. The molecule has 104 valence electrons. The van der Waals surface area contributed by atoms with Crippen LogP contribution in [0.3, 0.4) is 0 Å². The second kappa shape index (κ2) is 5.79. The van der Waals surface area contributed by atoms with Crippen molar-refractivity contribution in [2.45, 2.75) is 19.0 Å². The monoisotopic (exact) mass is 367 g/mol. The molecule has 1 aliphatic rings. The lowest BCUT2D eigenvalue weighted by atomic mass is 10.0. The Morgan fingerprint density at radius 1 is 1.50 bits per heavy atom. The Morgan fingerprint density at radius 2 is 2.35 bits per heavy atom. The van der Waals surface area contributed by atoms with Gasteiger partial charge in [-0.25, -0.2) is 0 Å². The molecule has 0 unspecified atom stereocenters. The van der Waals surface area contributed by atoms with E-state index in [1.54, 1.807) is 11.3 Å². The molecule has 3 nitrogen and oxygen atoms in total. The molecule has 2 aromatic rings. The van der Waals surface area contributed by atoms with Crippen LogP contribution in [0.4, 0.5) is 0 Å². The van der Waals surface area contributed by atoms with Gasteiger partial charge in [0.05, 0.1) is 17.8 Å². The molecule has 1 N–H and O–H groups in total. The number of halogens is 1. The van der Waals surface area contributed by atoms with Crippen LogP contribution in [0, 0.1) is 0 Å². The van der Waals surface area contributed by atoms with Gasteiger partial charge in [0, 0.05) is 27.5 Å². The van der Waals surface area contributed by atoms with Crippen molar-refractivity contribution in [2.24, 2.45) is 0 Å². The lowest BCUT2D eigenvalue weighted by Crippen LogP contribution is -2.28. The fourth-order valence-electron chi connectivity index (χ4n) is 2.54. The highest BCUT2D eigenvalue weighted by Crippen LogP contribution is 2.41. The van der Waals surface area contributed by atoms with Gasteiger partial charge in [-0.3, -0.25) is 4.98 Å². The molecule has 0 bridgehead atoms. The summed E-state index contributed by atoms with van der Waals surface area (Å²) in [6, 6.07) is 8.49.